The number of fused-ring (bicyclic) bond motifs is 1. The topological polar surface area (TPSA) is 93.5 Å². The van der Waals surface area contributed by atoms with E-state index in [0.29, 0.717) is 11.2 Å². The van der Waals surface area contributed by atoms with E-state index in [-0.39, 0.29) is 11.6 Å². The molecule has 0 aliphatic carbocycles. The third kappa shape index (κ3) is 2.10. The smallest absolute Gasteiger partial charge is 0.355 e. The van der Waals surface area contributed by atoms with Gasteiger partial charge in [0.05, 0.1) is 0 Å². The second-order valence-corrected chi connectivity index (χ2v) is 4.94. The number of aryl methyl sites for hydroxylation is 2. The normalized spacial score (nSPS) is 11.0. The van der Waals surface area contributed by atoms with Crippen molar-refractivity contribution >= 4 is 17.6 Å². The van der Waals surface area contributed by atoms with E-state index in [2.05, 4.69) is 10.1 Å². The van der Waals surface area contributed by atoms with E-state index in [0.717, 1.165) is 16.7 Å². The fraction of sp³-hybridized carbons (Fsp3) is 0.133. The molecule has 0 radical (unpaired) electrons. The highest BCUT2D eigenvalue weighted by molar-refractivity contribution is 5.95. The third-order valence-corrected chi connectivity index (χ3v) is 3.54. The zero-order valence-electron chi connectivity index (χ0n) is 11.7. The van der Waals surface area contributed by atoms with Gasteiger partial charge in [-0.05, 0) is 42.7 Å². The van der Waals surface area contributed by atoms with Gasteiger partial charge < -0.3 is 10.8 Å². The number of hydrogen-bond donors (Lipinski definition) is 2. The standard InChI is InChI=1S/C15H14N4O2/c1-8-3-4-10(7-9(8)2)11-5-6-12-17-15(16)18-19(12)13(11)14(20)21/h3-7H,1-2H3,(H2,16,18)(H,20,21). The molecule has 2 heterocycles. The van der Waals surface area contributed by atoms with Crippen molar-refractivity contribution in [3.05, 3.63) is 47.2 Å². The molecule has 0 saturated heterocycles. The second kappa shape index (κ2) is 4.59. The number of anilines is 1. The first-order chi connectivity index (χ1) is 9.97. The Morgan fingerprint density at radius 2 is 1.95 bits per heavy atom. The molecule has 3 rings (SSSR count). The van der Waals surface area contributed by atoms with Crippen LogP contribution in [0.15, 0.2) is 30.3 Å². The number of nitrogens with zero attached hydrogens (tertiary/aromatic N) is 3. The minimum atomic E-state index is -1.07. The third-order valence-electron chi connectivity index (χ3n) is 3.54. The van der Waals surface area contributed by atoms with Gasteiger partial charge in [-0.3, -0.25) is 0 Å². The number of nitrogen functional groups attached to an aromatic ring is 1. The number of benzene rings is 1. The molecule has 0 saturated carbocycles. The molecule has 6 nitrogen and oxygen atoms in total. The lowest BCUT2D eigenvalue weighted by atomic mass is 9.99. The van der Waals surface area contributed by atoms with Crippen LogP contribution in [0.25, 0.3) is 16.8 Å². The summed E-state index contributed by atoms with van der Waals surface area (Å²) in [5.41, 5.74) is 9.69. The van der Waals surface area contributed by atoms with Crippen LogP contribution in [0.5, 0.6) is 0 Å². The number of aromatic nitrogens is 3. The van der Waals surface area contributed by atoms with E-state index >= 15 is 0 Å². The maximum absolute atomic E-state index is 11.6. The Labute approximate surface area is 120 Å². The SMILES string of the molecule is Cc1ccc(-c2ccc3nc(N)nn3c2C(=O)O)cc1C. The molecule has 3 aromatic rings. The minimum Gasteiger partial charge on any atom is -0.476 e. The number of aromatic carboxylic acids is 1. The van der Waals surface area contributed by atoms with E-state index in [9.17, 15) is 9.90 Å². The van der Waals surface area contributed by atoms with Crippen molar-refractivity contribution in [3.63, 3.8) is 0 Å². The van der Waals surface area contributed by atoms with Gasteiger partial charge in [-0.1, -0.05) is 18.2 Å². The average molecular weight is 282 g/mol. The maximum Gasteiger partial charge on any atom is 0.355 e. The Kier molecular flexibility index (Phi) is 2.86. The molecular formula is C15H14N4O2. The predicted molar refractivity (Wildman–Crippen MR) is 79.3 cm³/mol. The number of carbonyl (C=O) groups is 1. The molecule has 3 N–H and O–H groups in total. The summed E-state index contributed by atoms with van der Waals surface area (Å²) < 4.78 is 1.27. The highest BCUT2D eigenvalue weighted by Crippen LogP contribution is 2.26. The minimum absolute atomic E-state index is 0.0507. The van der Waals surface area contributed by atoms with E-state index in [1.807, 2.05) is 32.0 Å². The summed E-state index contributed by atoms with van der Waals surface area (Å²) in [6.45, 7) is 4.00. The summed E-state index contributed by atoms with van der Waals surface area (Å²) in [7, 11) is 0. The Bertz CT molecular complexity index is 867. The van der Waals surface area contributed by atoms with E-state index in [4.69, 9.17) is 5.73 Å². The van der Waals surface area contributed by atoms with Crippen LogP contribution in [0.1, 0.15) is 21.6 Å². The molecule has 0 amide bonds. The summed E-state index contributed by atoms with van der Waals surface area (Å²) in [5.74, 6) is -1.02. The molecule has 0 bridgehead atoms. The summed E-state index contributed by atoms with van der Waals surface area (Å²) in [4.78, 5) is 15.6. The largest absolute Gasteiger partial charge is 0.476 e. The van der Waals surface area contributed by atoms with E-state index < -0.39 is 5.97 Å². The fourth-order valence-corrected chi connectivity index (χ4v) is 2.31. The molecule has 6 heteroatoms. The van der Waals surface area contributed by atoms with Crippen LogP contribution >= 0.6 is 0 Å². The highest BCUT2D eigenvalue weighted by Gasteiger charge is 2.18. The van der Waals surface area contributed by atoms with E-state index in [1.54, 1.807) is 12.1 Å². The van der Waals surface area contributed by atoms with Crippen LogP contribution in [-0.2, 0) is 0 Å². The average Bonchev–Trinajstić information content (AvgIpc) is 2.80. The molecule has 0 atom stereocenters. The molecule has 106 valence electrons. The number of carboxylic acids is 1. The highest BCUT2D eigenvalue weighted by atomic mass is 16.4. The summed E-state index contributed by atoms with van der Waals surface area (Å²) in [6, 6.07) is 9.27. The van der Waals surface area contributed by atoms with Crippen LogP contribution in [-0.4, -0.2) is 25.7 Å². The lowest BCUT2D eigenvalue weighted by Crippen LogP contribution is -2.09. The zero-order chi connectivity index (χ0) is 15.1. The fourth-order valence-electron chi connectivity index (χ4n) is 2.31. The van der Waals surface area contributed by atoms with Gasteiger partial charge in [-0.25, -0.2) is 9.31 Å². The zero-order valence-corrected chi connectivity index (χ0v) is 11.7. The van der Waals surface area contributed by atoms with E-state index in [1.165, 1.54) is 4.52 Å². The predicted octanol–water partition coefficient (Wildman–Crippen LogP) is 2.29. The van der Waals surface area contributed by atoms with Gasteiger partial charge in [0.1, 0.15) is 0 Å². The Hall–Kier alpha value is -2.89. The van der Waals surface area contributed by atoms with Crippen molar-refractivity contribution in [2.75, 3.05) is 5.73 Å². The first kappa shape index (κ1) is 13.1. The lowest BCUT2D eigenvalue weighted by molar-refractivity contribution is 0.0688. The van der Waals surface area contributed by atoms with Gasteiger partial charge in [0, 0.05) is 5.56 Å². The van der Waals surface area contributed by atoms with Crippen LogP contribution in [0.3, 0.4) is 0 Å². The lowest BCUT2D eigenvalue weighted by Gasteiger charge is -2.09. The summed E-state index contributed by atoms with van der Waals surface area (Å²) in [5, 5.41) is 13.5. The van der Waals surface area contributed by atoms with Crippen LogP contribution in [0.4, 0.5) is 5.95 Å². The van der Waals surface area contributed by atoms with Crippen LogP contribution < -0.4 is 5.73 Å². The number of pyridine rings is 1. The van der Waals surface area contributed by atoms with Crippen molar-refractivity contribution < 1.29 is 9.90 Å². The van der Waals surface area contributed by atoms with Gasteiger partial charge in [0.25, 0.3) is 0 Å². The van der Waals surface area contributed by atoms with Crippen LogP contribution in [0.2, 0.25) is 0 Å². The van der Waals surface area contributed by atoms with Crippen molar-refractivity contribution in [1.82, 2.24) is 14.6 Å². The van der Waals surface area contributed by atoms with Crippen molar-refractivity contribution in [3.8, 4) is 11.1 Å². The van der Waals surface area contributed by atoms with Crippen molar-refractivity contribution in [1.29, 1.82) is 0 Å². The molecule has 1 aromatic carbocycles. The number of carboxylic acid groups (broad SMARTS) is 1. The number of rotatable bonds is 2. The maximum atomic E-state index is 11.6. The van der Waals surface area contributed by atoms with Gasteiger partial charge in [0.15, 0.2) is 11.3 Å². The van der Waals surface area contributed by atoms with Crippen molar-refractivity contribution in [2.24, 2.45) is 0 Å². The first-order valence-electron chi connectivity index (χ1n) is 6.43. The van der Waals surface area contributed by atoms with Crippen molar-refractivity contribution in [2.45, 2.75) is 13.8 Å². The number of hydrogen-bond acceptors (Lipinski definition) is 4. The molecule has 0 aliphatic rings. The second-order valence-electron chi connectivity index (χ2n) is 4.94. The molecule has 0 unspecified atom stereocenters. The monoisotopic (exact) mass is 282 g/mol. The molecule has 2 aromatic heterocycles. The van der Waals surface area contributed by atoms with Gasteiger partial charge in [0.2, 0.25) is 5.95 Å². The quantitative estimate of drug-likeness (QED) is 0.752. The molecule has 21 heavy (non-hydrogen) atoms. The Morgan fingerprint density at radius 1 is 1.19 bits per heavy atom. The summed E-state index contributed by atoms with van der Waals surface area (Å²) in [6.07, 6.45) is 0. The van der Waals surface area contributed by atoms with Gasteiger partial charge in [-0.15, -0.1) is 5.10 Å². The van der Waals surface area contributed by atoms with Gasteiger partial charge >= 0.3 is 5.97 Å². The van der Waals surface area contributed by atoms with Crippen LogP contribution in [0, 0.1) is 13.8 Å². The molecule has 0 fully saturated rings. The Balaban J connectivity index is 2.33. The summed E-state index contributed by atoms with van der Waals surface area (Å²) >= 11 is 0. The Morgan fingerprint density at radius 3 is 2.62 bits per heavy atom. The first-order valence-corrected chi connectivity index (χ1v) is 6.43. The van der Waals surface area contributed by atoms with Gasteiger partial charge in [-0.2, -0.15) is 4.98 Å². The molecule has 0 spiro atoms. The molecular weight excluding hydrogens is 268 g/mol. The number of nitrogens with two attached hydrogens (primary N) is 1. The molecule has 0 aliphatic heterocycles.